The number of nitrogens with zero attached hydrogens (tertiary/aromatic N) is 3. The third-order valence-electron chi connectivity index (χ3n) is 6.09. The Labute approximate surface area is 218 Å². The van der Waals surface area contributed by atoms with E-state index in [1.54, 1.807) is 31.2 Å². The number of urea groups is 2. The summed E-state index contributed by atoms with van der Waals surface area (Å²) in [7, 11) is 0. The lowest BCUT2D eigenvalue weighted by molar-refractivity contribution is -0.139. The number of ether oxygens (including phenoxy) is 1. The van der Waals surface area contributed by atoms with Crippen LogP contribution >= 0.6 is 11.6 Å². The zero-order valence-electron chi connectivity index (χ0n) is 21.3. The van der Waals surface area contributed by atoms with Gasteiger partial charge in [-0.1, -0.05) is 29.8 Å². The molecule has 1 aromatic rings. The van der Waals surface area contributed by atoms with Crippen LogP contribution in [-0.2, 0) is 9.53 Å². The summed E-state index contributed by atoms with van der Waals surface area (Å²) in [5.74, 6) is -0.487. The Balaban J connectivity index is 1.96. The fraction of sp³-hybridized carbons (Fsp3) is 0.500. The van der Waals surface area contributed by atoms with Crippen molar-refractivity contribution in [3.63, 3.8) is 0 Å². The van der Waals surface area contributed by atoms with Crippen LogP contribution in [0.15, 0.2) is 48.2 Å². The lowest BCUT2D eigenvalue weighted by atomic mass is 9.94. The first-order valence-electron chi connectivity index (χ1n) is 12.4. The van der Waals surface area contributed by atoms with Gasteiger partial charge >= 0.3 is 18.0 Å². The smallest absolute Gasteiger partial charge is 0.338 e. The van der Waals surface area contributed by atoms with Crippen molar-refractivity contribution < 1.29 is 19.1 Å². The summed E-state index contributed by atoms with van der Waals surface area (Å²) in [4.78, 5) is 44.5. The SMILES string of the molecule is C=CCN1C(=O)N[C@H](c2cccc(Cl)c2)C(C(=O)OCC)=C1CN1CCCN(C(=O)NC(C)C)CC1. The number of benzene rings is 1. The number of esters is 1. The van der Waals surface area contributed by atoms with E-state index in [-0.39, 0.29) is 31.3 Å². The molecule has 1 aromatic carbocycles. The van der Waals surface area contributed by atoms with Gasteiger partial charge in [-0.25, -0.2) is 14.4 Å². The Morgan fingerprint density at radius 3 is 2.72 bits per heavy atom. The highest BCUT2D eigenvalue weighted by Crippen LogP contribution is 2.33. The Kier molecular flexibility index (Phi) is 9.78. The number of rotatable bonds is 8. The largest absolute Gasteiger partial charge is 0.463 e. The van der Waals surface area contributed by atoms with Crippen LogP contribution in [0.5, 0.6) is 0 Å². The van der Waals surface area contributed by atoms with Crippen LogP contribution in [0.3, 0.4) is 0 Å². The van der Waals surface area contributed by atoms with Crippen molar-refractivity contribution in [2.24, 2.45) is 0 Å². The highest BCUT2D eigenvalue weighted by molar-refractivity contribution is 6.30. The molecule has 1 saturated heterocycles. The molecule has 2 N–H and O–H groups in total. The van der Waals surface area contributed by atoms with Crippen LogP contribution in [0.1, 0.15) is 38.8 Å². The lowest BCUT2D eigenvalue weighted by Crippen LogP contribution is -2.51. The third kappa shape index (κ3) is 6.79. The summed E-state index contributed by atoms with van der Waals surface area (Å²) in [5, 5.41) is 6.40. The van der Waals surface area contributed by atoms with Crippen molar-refractivity contribution in [2.75, 3.05) is 45.9 Å². The standard InChI is InChI=1S/C26H36ClN5O4/c1-5-11-32-21(17-30-12-8-13-31(15-14-30)25(34)28-18(3)4)22(24(33)36-6-2)23(29-26(32)35)19-9-7-10-20(27)16-19/h5,7,9-10,16,18,23H,1,6,8,11-15,17H2,2-4H3,(H,28,34)(H,29,35)/t23-/m1/s1. The molecule has 4 amide bonds. The minimum Gasteiger partial charge on any atom is -0.463 e. The summed E-state index contributed by atoms with van der Waals surface area (Å²) < 4.78 is 5.44. The predicted molar refractivity (Wildman–Crippen MR) is 140 cm³/mol. The van der Waals surface area contributed by atoms with Gasteiger partial charge in [-0.05, 0) is 44.9 Å². The van der Waals surface area contributed by atoms with E-state index in [0.717, 1.165) is 13.0 Å². The highest BCUT2D eigenvalue weighted by Gasteiger charge is 2.38. The van der Waals surface area contributed by atoms with Gasteiger partial charge in [0.15, 0.2) is 0 Å². The Morgan fingerprint density at radius 1 is 1.28 bits per heavy atom. The molecule has 1 fully saturated rings. The molecule has 9 nitrogen and oxygen atoms in total. The first-order chi connectivity index (χ1) is 17.2. The van der Waals surface area contributed by atoms with Gasteiger partial charge in [-0.3, -0.25) is 9.80 Å². The van der Waals surface area contributed by atoms with Gasteiger partial charge in [0.1, 0.15) is 0 Å². The number of hydrogen-bond donors (Lipinski definition) is 2. The monoisotopic (exact) mass is 517 g/mol. The molecule has 10 heteroatoms. The molecule has 0 aliphatic carbocycles. The third-order valence-corrected chi connectivity index (χ3v) is 6.32. The van der Waals surface area contributed by atoms with Crippen molar-refractivity contribution >= 4 is 29.6 Å². The number of hydrogen-bond acceptors (Lipinski definition) is 5. The number of amides is 4. The predicted octanol–water partition coefficient (Wildman–Crippen LogP) is 3.54. The second kappa shape index (κ2) is 12.8. The number of halogens is 1. The zero-order chi connectivity index (χ0) is 26.2. The van der Waals surface area contributed by atoms with Gasteiger partial charge in [-0.15, -0.1) is 6.58 Å². The van der Waals surface area contributed by atoms with E-state index in [0.29, 0.717) is 48.0 Å². The van der Waals surface area contributed by atoms with Crippen molar-refractivity contribution in [1.29, 1.82) is 0 Å². The maximum Gasteiger partial charge on any atom is 0.338 e. The van der Waals surface area contributed by atoms with E-state index < -0.39 is 12.0 Å². The average molecular weight is 518 g/mol. The van der Waals surface area contributed by atoms with Crippen molar-refractivity contribution in [3.8, 4) is 0 Å². The number of carbonyl (C=O) groups excluding carboxylic acids is 3. The molecule has 0 unspecified atom stereocenters. The molecule has 2 heterocycles. The summed E-state index contributed by atoms with van der Waals surface area (Å²) in [6.07, 6.45) is 2.40. The summed E-state index contributed by atoms with van der Waals surface area (Å²) in [6, 6.07) is 6.05. The fourth-order valence-corrected chi connectivity index (χ4v) is 4.66. The summed E-state index contributed by atoms with van der Waals surface area (Å²) in [6.45, 7) is 12.7. The van der Waals surface area contributed by atoms with Gasteiger partial charge in [-0.2, -0.15) is 0 Å². The maximum absolute atomic E-state index is 13.3. The van der Waals surface area contributed by atoms with Crippen LogP contribution in [0.4, 0.5) is 9.59 Å². The molecule has 0 radical (unpaired) electrons. The second-order valence-corrected chi connectivity index (χ2v) is 9.58. The molecule has 0 saturated carbocycles. The molecule has 3 rings (SSSR count). The molecular formula is C26H36ClN5O4. The first kappa shape index (κ1) is 27.5. The van der Waals surface area contributed by atoms with E-state index in [2.05, 4.69) is 22.1 Å². The molecule has 1 atom stereocenters. The van der Waals surface area contributed by atoms with Crippen LogP contribution in [0.2, 0.25) is 5.02 Å². The number of nitrogens with one attached hydrogen (secondary N) is 2. The van der Waals surface area contributed by atoms with E-state index >= 15 is 0 Å². The molecule has 0 aromatic heterocycles. The maximum atomic E-state index is 13.3. The van der Waals surface area contributed by atoms with Crippen LogP contribution in [-0.4, -0.2) is 84.6 Å². The van der Waals surface area contributed by atoms with Crippen molar-refractivity contribution in [1.82, 2.24) is 25.3 Å². The van der Waals surface area contributed by atoms with Gasteiger partial charge in [0.05, 0.1) is 18.2 Å². The number of carbonyl (C=O) groups is 3. The van der Waals surface area contributed by atoms with Crippen LogP contribution in [0, 0.1) is 0 Å². The normalized spacial score (nSPS) is 19.1. The minimum atomic E-state index is -0.702. The van der Waals surface area contributed by atoms with Gasteiger partial charge in [0.2, 0.25) is 0 Å². The second-order valence-electron chi connectivity index (χ2n) is 9.14. The quantitative estimate of drug-likeness (QED) is 0.406. The van der Waals surface area contributed by atoms with Crippen molar-refractivity contribution in [3.05, 3.63) is 58.8 Å². The molecule has 196 valence electrons. The van der Waals surface area contributed by atoms with Gasteiger partial charge in [0.25, 0.3) is 0 Å². The van der Waals surface area contributed by atoms with E-state index in [1.165, 1.54) is 4.90 Å². The van der Waals surface area contributed by atoms with Crippen LogP contribution in [0.25, 0.3) is 0 Å². The van der Waals surface area contributed by atoms with Gasteiger partial charge < -0.3 is 20.3 Å². The van der Waals surface area contributed by atoms with Gasteiger partial charge in [0, 0.05) is 56.0 Å². The Hall–Kier alpha value is -3.04. The molecule has 0 bridgehead atoms. The molecule has 0 spiro atoms. The molecule has 2 aliphatic heterocycles. The minimum absolute atomic E-state index is 0.0609. The first-order valence-corrected chi connectivity index (χ1v) is 12.7. The Morgan fingerprint density at radius 2 is 2.06 bits per heavy atom. The Bertz CT molecular complexity index is 1010. The molecular weight excluding hydrogens is 482 g/mol. The van der Waals surface area contributed by atoms with E-state index in [4.69, 9.17) is 16.3 Å². The van der Waals surface area contributed by atoms with Crippen LogP contribution < -0.4 is 10.6 Å². The van der Waals surface area contributed by atoms with Crippen molar-refractivity contribution in [2.45, 2.75) is 39.3 Å². The molecule has 2 aliphatic rings. The summed E-state index contributed by atoms with van der Waals surface area (Å²) >= 11 is 6.23. The van der Waals surface area contributed by atoms with E-state index in [1.807, 2.05) is 24.8 Å². The molecule has 36 heavy (non-hydrogen) atoms. The highest BCUT2D eigenvalue weighted by atomic mass is 35.5. The fourth-order valence-electron chi connectivity index (χ4n) is 4.46. The topological polar surface area (TPSA) is 94.2 Å². The lowest BCUT2D eigenvalue weighted by Gasteiger charge is -2.38. The van der Waals surface area contributed by atoms with E-state index in [9.17, 15) is 14.4 Å². The summed E-state index contributed by atoms with van der Waals surface area (Å²) in [5.41, 5.74) is 1.64. The average Bonchev–Trinajstić information content (AvgIpc) is 3.06. The zero-order valence-corrected chi connectivity index (χ0v) is 22.0.